The van der Waals surface area contributed by atoms with Gasteiger partial charge < -0.3 is 5.73 Å². The number of hydrogen-bond acceptors (Lipinski definition) is 2. The van der Waals surface area contributed by atoms with Crippen LogP contribution in [0.4, 0.5) is 23.4 Å². The Balaban J connectivity index is 2.66. The predicted molar refractivity (Wildman–Crippen MR) is 58.0 cm³/mol. The molecule has 18 heavy (non-hydrogen) atoms. The number of nitrogens with zero attached hydrogens (tertiary/aromatic N) is 2. The summed E-state index contributed by atoms with van der Waals surface area (Å²) in [6.07, 6.45) is -4.61. The molecule has 0 saturated carbocycles. The Labute approximate surface area is 99.8 Å². The highest BCUT2D eigenvalue weighted by molar-refractivity contribution is 5.77. The van der Waals surface area contributed by atoms with Gasteiger partial charge in [-0.05, 0) is 17.7 Å². The molecular weight excluding hydrogens is 250 g/mol. The van der Waals surface area contributed by atoms with E-state index in [1.54, 1.807) is 0 Å². The van der Waals surface area contributed by atoms with Crippen molar-refractivity contribution in [1.29, 1.82) is 0 Å². The highest BCUT2D eigenvalue weighted by Crippen LogP contribution is 2.39. The first-order valence-corrected chi connectivity index (χ1v) is 4.96. The van der Waals surface area contributed by atoms with Crippen LogP contribution < -0.4 is 5.73 Å². The van der Waals surface area contributed by atoms with E-state index in [0.29, 0.717) is 0 Å². The van der Waals surface area contributed by atoms with Gasteiger partial charge in [-0.2, -0.15) is 18.3 Å². The number of nitrogens with two attached hydrogens (primary N) is 1. The fourth-order valence-corrected chi connectivity index (χ4v) is 1.64. The minimum Gasteiger partial charge on any atom is -0.383 e. The first-order chi connectivity index (χ1) is 8.30. The molecule has 0 atom stereocenters. The van der Waals surface area contributed by atoms with Crippen molar-refractivity contribution < 1.29 is 17.6 Å². The van der Waals surface area contributed by atoms with Crippen LogP contribution in [0.1, 0.15) is 5.69 Å². The Morgan fingerprint density at radius 2 is 1.72 bits per heavy atom. The fraction of sp³-hybridized carbons (Fsp3) is 0.182. The lowest BCUT2D eigenvalue weighted by Crippen LogP contribution is -2.08. The summed E-state index contributed by atoms with van der Waals surface area (Å²) >= 11 is 0. The van der Waals surface area contributed by atoms with E-state index in [-0.39, 0.29) is 16.9 Å². The smallest absolute Gasteiger partial charge is 0.383 e. The zero-order valence-corrected chi connectivity index (χ0v) is 9.29. The summed E-state index contributed by atoms with van der Waals surface area (Å²) in [5.41, 5.74) is 4.45. The van der Waals surface area contributed by atoms with Crippen molar-refractivity contribution in [2.45, 2.75) is 6.18 Å². The normalized spacial score (nSPS) is 11.8. The maximum absolute atomic E-state index is 12.8. The van der Waals surface area contributed by atoms with E-state index in [9.17, 15) is 17.6 Å². The number of rotatable bonds is 1. The summed E-state index contributed by atoms with van der Waals surface area (Å²) in [4.78, 5) is 0. The summed E-state index contributed by atoms with van der Waals surface area (Å²) in [6.45, 7) is 0. The minimum atomic E-state index is -4.61. The number of alkyl halides is 3. The van der Waals surface area contributed by atoms with E-state index in [2.05, 4.69) is 5.10 Å². The third-order valence-electron chi connectivity index (χ3n) is 2.49. The van der Waals surface area contributed by atoms with E-state index >= 15 is 0 Å². The highest BCUT2D eigenvalue weighted by Gasteiger charge is 2.38. The van der Waals surface area contributed by atoms with Gasteiger partial charge in [0.05, 0.1) is 5.56 Å². The Kier molecular flexibility index (Phi) is 2.76. The predicted octanol–water partition coefficient (Wildman–Crippen LogP) is 2.83. The minimum absolute atomic E-state index is 0.117. The topological polar surface area (TPSA) is 43.8 Å². The van der Waals surface area contributed by atoms with Crippen LogP contribution in [0, 0.1) is 5.82 Å². The first-order valence-electron chi connectivity index (χ1n) is 4.96. The van der Waals surface area contributed by atoms with Crippen molar-refractivity contribution in [1.82, 2.24) is 9.78 Å². The molecule has 0 unspecified atom stereocenters. The van der Waals surface area contributed by atoms with Crippen LogP contribution in [-0.2, 0) is 13.2 Å². The molecule has 1 heterocycles. The van der Waals surface area contributed by atoms with Gasteiger partial charge in [-0.15, -0.1) is 0 Å². The van der Waals surface area contributed by atoms with Crippen molar-refractivity contribution in [2.75, 3.05) is 5.73 Å². The van der Waals surface area contributed by atoms with Crippen molar-refractivity contribution in [3.63, 3.8) is 0 Å². The molecule has 7 heteroatoms. The Morgan fingerprint density at radius 3 is 2.22 bits per heavy atom. The van der Waals surface area contributed by atoms with Gasteiger partial charge in [0.25, 0.3) is 0 Å². The summed E-state index contributed by atoms with van der Waals surface area (Å²) < 4.78 is 52.1. The van der Waals surface area contributed by atoms with Crippen LogP contribution in [0.3, 0.4) is 0 Å². The number of hydrogen-bond donors (Lipinski definition) is 1. The number of benzene rings is 1. The van der Waals surface area contributed by atoms with E-state index in [0.717, 1.165) is 16.8 Å². The van der Waals surface area contributed by atoms with Crippen LogP contribution in [0.15, 0.2) is 24.3 Å². The molecule has 0 fully saturated rings. The zero-order chi connectivity index (χ0) is 13.5. The molecule has 0 saturated heterocycles. The van der Waals surface area contributed by atoms with Gasteiger partial charge in [0, 0.05) is 7.05 Å². The quantitative estimate of drug-likeness (QED) is 0.800. The van der Waals surface area contributed by atoms with Gasteiger partial charge in [-0.1, -0.05) is 12.1 Å². The molecule has 0 radical (unpaired) electrons. The second kappa shape index (κ2) is 4.01. The Morgan fingerprint density at radius 1 is 1.17 bits per heavy atom. The van der Waals surface area contributed by atoms with Crippen LogP contribution in [0.25, 0.3) is 11.1 Å². The molecule has 2 aromatic rings. The molecule has 0 aliphatic carbocycles. The van der Waals surface area contributed by atoms with Crippen molar-refractivity contribution in [3.05, 3.63) is 35.8 Å². The zero-order valence-electron chi connectivity index (χ0n) is 9.29. The molecule has 0 amide bonds. The van der Waals surface area contributed by atoms with Crippen LogP contribution in [0.2, 0.25) is 0 Å². The number of aromatic nitrogens is 2. The standard InChI is InChI=1S/C11H9F4N3/c1-18-10(16)8(9(17-18)11(13,14)15)6-2-4-7(12)5-3-6/h2-5H,16H2,1H3. The Bertz CT molecular complexity index is 569. The molecule has 1 aromatic heterocycles. The lowest BCUT2D eigenvalue weighted by atomic mass is 10.1. The summed E-state index contributed by atoms with van der Waals surface area (Å²) in [5, 5.41) is 3.35. The molecule has 0 aliphatic rings. The van der Waals surface area contributed by atoms with Gasteiger partial charge in [0.1, 0.15) is 11.6 Å². The van der Waals surface area contributed by atoms with Crippen molar-refractivity contribution in [2.24, 2.45) is 7.05 Å². The third-order valence-corrected chi connectivity index (χ3v) is 2.49. The average molecular weight is 259 g/mol. The lowest BCUT2D eigenvalue weighted by molar-refractivity contribution is -0.140. The molecule has 0 bridgehead atoms. The monoisotopic (exact) mass is 259 g/mol. The molecular formula is C11H9F4N3. The van der Waals surface area contributed by atoms with E-state index in [1.165, 1.54) is 19.2 Å². The molecule has 96 valence electrons. The van der Waals surface area contributed by atoms with Gasteiger partial charge in [0.15, 0.2) is 5.69 Å². The van der Waals surface area contributed by atoms with E-state index in [4.69, 9.17) is 5.73 Å². The Hall–Kier alpha value is -2.05. The molecule has 2 N–H and O–H groups in total. The molecule has 0 spiro atoms. The van der Waals surface area contributed by atoms with Crippen LogP contribution in [0.5, 0.6) is 0 Å². The van der Waals surface area contributed by atoms with Gasteiger partial charge in [0.2, 0.25) is 0 Å². The van der Waals surface area contributed by atoms with Crippen molar-refractivity contribution >= 4 is 5.82 Å². The average Bonchev–Trinajstić information content (AvgIpc) is 2.57. The van der Waals surface area contributed by atoms with E-state index < -0.39 is 17.7 Å². The van der Waals surface area contributed by atoms with Crippen molar-refractivity contribution in [3.8, 4) is 11.1 Å². The number of aryl methyl sites for hydroxylation is 1. The number of nitrogen functional groups attached to an aromatic ring is 1. The SMILES string of the molecule is Cn1nc(C(F)(F)F)c(-c2ccc(F)cc2)c1N. The molecule has 2 rings (SSSR count). The van der Waals surface area contributed by atoms with Crippen LogP contribution in [-0.4, -0.2) is 9.78 Å². The highest BCUT2D eigenvalue weighted by atomic mass is 19.4. The maximum Gasteiger partial charge on any atom is 0.435 e. The number of halogens is 4. The van der Waals surface area contributed by atoms with E-state index in [1.807, 2.05) is 0 Å². The summed E-state index contributed by atoms with van der Waals surface area (Å²) in [7, 11) is 1.32. The van der Waals surface area contributed by atoms with Gasteiger partial charge >= 0.3 is 6.18 Å². The number of anilines is 1. The third kappa shape index (κ3) is 2.03. The van der Waals surface area contributed by atoms with Gasteiger partial charge in [-0.3, -0.25) is 4.68 Å². The lowest BCUT2D eigenvalue weighted by Gasteiger charge is -2.06. The maximum atomic E-state index is 12.8. The molecule has 0 aliphatic heterocycles. The second-order valence-corrected chi connectivity index (χ2v) is 3.74. The first kappa shape index (κ1) is 12.4. The molecule has 1 aromatic carbocycles. The van der Waals surface area contributed by atoms with Gasteiger partial charge in [-0.25, -0.2) is 4.39 Å². The summed E-state index contributed by atoms with van der Waals surface area (Å²) in [5.74, 6) is -0.649. The van der Waals surface area contributed by atoms with Crippen LogP contribution >= 0.6 is 0 Å². The largest absolute Gasteiger partial charge is 0.435 e. The fourth-order valence-electron chi connectivity index (χ4n) is 1.64. The molecule has 3 nitrogen and oxygen atoms in total. The second-order valence-electron chi connectivity index (χ2n) is 3.74. The summed E-state index contributed by atoms with van der Waals surface area (Å²) in [6, 6.07) is 4.61.